The van der Waals surface area contributed by atoms with Crippen LogP contribution in [-0.2, 0) is 19.1 Å². The first-order valence-corrected chi connectivity index (χ1v) is 9.28. The second kappa shape index (κ2) is 10.1. The van der Waals surface area contributed by atoms with Crippen LogP contribution in [0.1, 0.15) is 24.0 Å². The van der Waals surface area contributed by atoms with Crippen LogP contribution in [0.2, 0.25) is 10.0 Å². The zero-order valence-corrected chi connectivity index (χ0v) is 17.0. The van der Waals surface area contributed by atoms with E-state index in [2.05, 4.69) is 10.6 Å². The predicted octanol–water partition coefficient (Wildman–Crippen LogP) is 4.51. The molecular weight excluding hydrogens is 403 g/mol. The molecule has 2 aromatic rings. The second-order valence-electron chi connectivity index (χ2n) is 6.18. The van der Waals surface area contributed by atoms with Gasteiger partial charge in [-0.2, -0.15) is 0 Å². The van der Waals surface area contributed by atoms with Crippen LogP contribution >= 0.6 is 23.2 Å². The molecule has 0 saturated carbocycles. The summed E-state index contributed by atoms with van der Waals surface area (Å²) in [6, 6.07) is 10.2. The van der Waals surface area contributed by atoms with Crippen molar-refractivity contribution in [2.45, 2.75) is 26.7 Å². The molecule has 2 N–H and O–H groups in total. The average molecular weight is 423 g/mol. The van der Waals surface area contributed by atoms with E-state index in [4.69, 9.17) is 27.9 Å². The Hall–Kier alpha value is -2.57. The van der Waals surface area contributed by atoms with Crippen molar-refractivity contribution in [1.82, 2.24) is 0 Å². The lowest BCUT2D eigenvalue weighted by atomic mass is 10.1. The van der Waals surface area contributed by atoms with Crippen LogP contribution in [0.5, 0.6) is 0 Å². The van der Waals surface area contributed by atoms with Gasteiger partial charge >= 0.3 is 5.97 Å². The Bertz CT molecular complexity index is 900. The molecule has 2 rings (SSSR count). The molecule has 28 heavy (non-hydrogen) atoms. The third-order valence-corrected chi connectivity index (χ3v) is 4.48. The molecule has 0 radical (unpaired) electrons. The quantitative estimate of drug-likeness (QED) is 0.642. The number of carbonyl (C=O) groups excluding carboxylic acids is 3. The predicted molar refractivity (Wildman–Crippen MR) is 110 cm³/mol. The van der Waals surface area contributed by atoms with Gasteiger partial charge in [-0.15, -0.1) is 0 Å². The summed E-state index contributed by atoms with van der Waals surface area (Å²) >= 11 is 11.8. The van der Waals surface area contributed by atoms with Crippen molar-refractivity contribution in [2.75, 3.05) is 17.2 Å². The molecule has 0 aliphatic rings. The second-order valence-corrected chi connectivity index (χ2v) is 7.02. The molecule has 6 nitrogen and oxygen atoms in total. The number of aryl methyl sites for hydroxylation is 2. The molecule has 0 unspecified atom stereocenters. The maximum Gasteiger partial charge on any atom is 0.306 e. The molecule has 0 fully saturated rings. The van der Waals surface area contributed by atoms with E-state index < -0.39 is 18.5 Å². The number of esters is 1. The van der Waals surface area contributed by atoms with Crippen LogP contribution in [0.15, 0.2) is 36.4 Å². The van der Waals surface area contributed by atoms with Crippen molar-refractivity contribution in [1.29, 1.82) is 0 Å². The first kappa shape index (κ1) is 21.7. The lowest BCUT2D eigenvalue weighted by Crippen LogP contribution is -2.22. The number of halogens is 2. The van der Waals surface area contributed by atoms with Gasteiger partial charge in [-0.05, 0) is 55.3 Å². The summed E-state index contributed by atoms with van der Waals surface area (Å²) < 4.78 is 4.87. The number of benzene rings is 2. The van der Waals surface area contributed by atoms with Crippen molar-refractivity contribution < 1.29 is 19.1 Å². The Balaban J connectivity index is 1.73. The van der Waals surface area contributed by atoms with E-state index in [0.29, 0.717) is 21.4 Å². The van der Waals surface area contributed by atoms with Gasteiger partial charge in [0.05, 0.1) is 17.1 Å². The number of amides is 2. The van der Waals surface area contributed by atoms with E-state index in [1.807, 2.05) is 26.0 Å². The molecular formula is C20H20Cl2N2O4. The van der Waals surface area contributed by atoms with E-state index in [1.165, 1.54) is 6.07 Å². The Kier molecular flexibility index (Phi) is 7.84. The number of hydrogen-bond acceptors (Lipinski definition) is 4. The fourth-order valence-electron chi connectivity index (χ4n) is 2.26. The molecule has 0 aliphatic heterocycles. The van der Waals surface area contributed by atoms with Crippen LogP contribution in [0.3, 0.4) is 0 Å². The largest absolute Gasteiger partial charge is 0.456 e. The first-order chi connectivity index (χ1) is 13.2. The minimum atomic E-state index is -0.650. The summed E-state index contributed by atoms with van der Waals surface area (Å²) in [5.74, 6) is -1.52. The van der Waals surface area contributed by atoms with Crippen molar-refractivity contribution in [3.63, 3.8) is 0 Å². The molecule has 148 valence electrons. The summed E-state index contributed by atoms with van der Waals surface area (Å²) in [5.41, 5.74) is 3.17. The maximum absolute atomic E-state index is 11.9. The number of rotatable bonds is 7. The molecule has 2 aromatic carbocycles. The maximum atomic E-state index is 11.9. The van der Waals surface area contributed by atoms with Crippen molar-refractivity contribution in [3.8, 4) is 0 Å². The normalized spacial score (nSPS) is 10.3. The van der Waals surface area contributed by atoms with Gasteiger partial charge < -0.3 is 15.4 Å². The van der Waals surface area contributed by atoms with Gasteiger partial charge in [0.25, 0.3) is 5.91 Å². The van der Waals surface area contributed by atoms with Gasteiger partial charge in [0, 0.05) is 17.1 Å². The van der Waals surface area contributed by atoms with Gasteiger partial charge in [-0.3, -0.25) is 14.4 Å². The number of carbonyl (C=O) groups is 3. The lowest BCUT2D eigenvalue weighted by Gasteiger charge is -2.09. The van der Waals surface area contributed by atoms with Gasteiger partial charge in [0.1, 0.15) is 0 Å². The minimum Gasteiger partial charge on any atom is -0.456 e. The highest BCUT2D eigenvalue weighted by Crippen LogP contribution is 2.25. The summed E-state index contributed by atoms with van der Waals surface area (Å²) in [6.45, 7) is 3.44. The van der Waals surface area contributed by atoms with Gasteiger partial charge in [0.15, 0.2) is 6.61 Å². The number of ether oxygens (including phenoxy) is 1. The number of nitrogens with one attached hydrogen (secondary N) is 2. The van der Waals surface area contributed by atoms with E-state index in [-0.39, 0.29) is 18.7 Å². The number of anilines is 2. The summed E-state index contributed by atoms with van der Waals surface area (Å²) in [6.07, 6.45) is -0.185. The van der Waals surface area contributed by atoms with E-state index >= 15 is 0 Å². The minimum absolute atomic E-state index is 0.0481. The average Bonchev–Trinajstić information content (AvgIpc) is 2.64. The van der Waals surface area contributed by atoms with E-state index in [0.717, 1.165) is 11.1 Å². The van der Waals surface area contributed by atoms with Gasteiger partial charge in [-0.1, -0.05) is 29.3 Å². The Morgan fingerprint density at radius 2 is 1.64 bits per heavy atom. The zero-order valence-electron chi connectivity index (χ0n) is 15.5. The molecule has 0 saturated heterocycles. The lowest BCUT2D eigenvalue weighted by molar-refractivity contribution is -0.147. The summed E-state index contributed by atoms with van der Waals surface area (Å²) in [5, 5.41) is 5.94. The zero-order chi connectivity index (χ0) is 20.7. The molecule has 0 heterocycles. The Morgan fingerprint density at radius 3 is 2.36 bits per heavy atom. The van der Waals surface area contributed by atoms with Crippen molar-refractivity contribution in [2.24, 2.45) is 0 Å². The van der Waals surface area contributed by atoms with Gasteiger partial charge in [-0.25, -0.2) is 0 Å². The molecule has 2 amide bonds. The fraction of sp³-hybridized carbons (Fsp3) is 0.250. The smallest absolute Gasteiger partial charge is 0.306 e. The highest BCUT2D eigenvalue weighted by atomic mass is 35.5. The van der Waals surface area contributed by atoms with Crippen LogP contribution in [0.25, 0.3) is 0 Å². The monoisotopic (exact) mass is 422 g/mol. The summed E-state index contributed by atoms with van der Waals surface area (Å²) in [7, 11) is 0. The topological polar surface area (TPSA) is 84.5 Å². The fourth-order valence-corrected chi connectivity index (χ4v) is 2.59. The molecule has 0 aliphatic carbocycles. The van der Waals surface area contributed by atoms with E-state index in [1.54, 1.807) is 18.2 Å². The highest BCUT2D eigenvalue weighted by molar-refractivity contribution is 6.35. The highest BCUT2D eigenvalue weighted by Gasteiger charge is 2.12. The first-order valence-electron chi connectivity index (χ1n) is 8.52. The molecule has 0 spiro atoms. The van der Waals surface area contributed by atoms with Crippen molar-refractivity contribution >= 4 is 52.4 Å². The Morgan fingerprint density at radius 1 is 0.893 bits per heavy atom. The molecule has 0 bridgehead atoms. The molecule has 0 atom stereocenters. The summed E-state index contributed by atoms with van der Waals surface area (Å²) in [4.78, 5) is 35.5. The third kappa shape index (κ3) is 6.87. The van der Waals surface area contributed by atoms with E-state index in [9.17, 15) is 14.4 Å². The van der Waals surface area contributed by atoms with Crippen LogP contribution < -0.4 is 10.6 Å². The SMILES string of the molecule is Cc1ccc(NC(=O)CCC(=O)OCC(=O)Nc2cc(Cl)ccc2Cl)cc1C. The van der Waals surface area contributed by atoms with Crippen LogP contribution in [0.4, 0.5) is 11.4 Å². The Labute approximate surface area is 173 Å². The van der Waals surface area contributed by atoms with Crippen molar-refractivity contribution in [3.05, 3.63) is 57.6 Å². The number of hydrogen-bond donors (Lipinski definition) is 2. The van der Waals surface area contributed by atoms with Gasteiger partial charge in [0.2, 0.25) is 5.91 Å². The van der Waals surface area contributed by atoms with Crippen LogP contribution in [-0.4, -0.2) is 24.4 Å². The molecule has 8 heteroatoms. The standard InChI is InChI=1S/C20H20Cl2N2O4/c1-12-3-5-15(9-13(12)2)23-18(25)7-8-20(27)28-11-19(26)24-17-10-14(21)4-6-16(17)22/h3-6,9-10H,7-8,11H2,1-2H3,(H,23,25)(H,24,26). The van der Waals surface area contributed by atoms with Crippen LogP contribution in [0, 0.1) is 13.8 Å². The third-order valence-electron chi connectivity index (χ3n) is 3.91. The molecule has 0 aromatic heterocycles.